The number of benzene rings is 1. The van der Waals surface area contributed by atoms with Crippen LogP contribution in [0.5, 0.6) is 0 Å². The summed E-state index contributed by atoms with van der Waals surface area (Å²) in [7, 11) is 3.95. The Labute approximate surface area is 204 Å². The van der Waals surface area contributed by atoms with Crippen LogP contribution < -0.4 is 5.32 Å². The highest BCUT2D eigenvalue weighted by molar-refractivity contribution is 5.62. The number of hydrogen-bond acceptors (Lipinski definition) is 4. The number of aromatic nitrogens is 5. The number of halogens is 1. The Morgan fingerprint density at radius 1 is 1.24 bits per heavy atom. The predicted molar refractivity (Wildman–Crippen MR) is 141 cm³/mol. The van der Waals surface area contributed by atoms with E-state index < -0.39 is 0 Å². The maximum absolute atomic E-state index is 12.6. The van der Waals surface area contributed by atoms with Gasteiger partial charge in [-0.05, 0) is 68.2 Å². The van der Waals surface area contributed by atoms with E-state index >= 15 is 0 Å². The molecule has 0 aliphatic heterocycles. The van der Waals surface area contributed by atoms with E-state index in [1.54, 1.807) is 29.2 Å². The van der Waals surface area contributed by atoms with Gasteiger partial charge in [0.05, 0.1) is 11.4 Å². The molecule has 3 aromatic rings. The smallest absolute Gasteiger partial charge is 0.173 e. The highest BCUT2D eigenvalue weighted by Crippen LogP contribution is 2.25. The second-order valence-corrected chi connectivity index (χ2v) is 7.60. The normalized spacial score (nSPS) is 11.5. The standard InChI is InChI=1S/C15H25N3.C10H8FN3.C2H6/c1-8-10(2)14-13(5)18(7)15(17-14)11(3)9-12(4)16-6;1-2-10-12-7-14(13-10)9-5-3-8(11)4-6-9;1-2/h9-10,16H,4,8H2,1-3,5-7H3;2-7H,1H2;1-2H3/b11-9-;;. The monoisotopic (exact) mass is 466 g/mol. The minimum Gasteiger partial charge on any atom is -0.389 e. The molecule has 0 spiro atoms. The average molecular weight is 467 g/mol. The Morgan fingerprint density at radius 3 is 2.35 bits per heavy atom. The molecule has 1 N–H and O–H groups in total. The molecule has 0 amide bonds. The van der Waals surface area contributed by atoms with Gasteiger partial charge in [-0.1, -0.05) is 40.9 Å². The van der Waals surface area contributed by atoms with Crippen LogP contribution in [0.1, 0.15) is 70.0 Å². The SMILES string of the molecule is C=C(/C=C(/C)c1nc(C(C)CC)c(C)n1C)NC.C=Cc1ncn(-c2ccc(F)cc2)n1.CC. The summed E-state index contributed by atoms with van der Waals surface area (Å²) in [6.07, 6.45) is 6.26. The molecule has 6 nitrogen and oxygen atoms in total. The van der Waals surface area contributed by atoms with E-state index in [0.717, 1.165) is 29.2 Å². The molecular weight excluding hydrogens is 427 g/mol. The molecular formula is C27H39FN6. The Bertz CT molecular complexity index is 1090. The molecule has 0 fully saturated rings. The number of allylic oxidation sites excluding steroid dienone is 2. The Balaban J connectivity index is 0.000000324. The molecule has 0 aliphatic carbocycles. The van der Waals surface area contributed by atoms with Crippen molar-refractivity contribution in [2.45, 2.75) is 53.9 Å². The molecule has 0 aliphatic rings. The fourth-order valence-electron chi connectivity index (χ4n) is 3.10. The van der Waals surface area contributed by atoms with Crippen LogP contribution in [0.15, 0.2) is 55.5 Å². The summed E-state index contributed by atoms with van der Waals surface area (Å²) >= 11 is 0. The molecule has 3 rings (SSSR count). The fourth-order valence-corrected chi connectivity index (χ4v) is 3.10. The van der Waals surface area contributed by atoms with E-state index in [0.29, 0.717) is 11.7 Å². The summed E-state index contributed by atoms with van der Waals surface area (Å²) in [5.74, 6) is 1.82. The van der Waals surface area contributed by atoms with Crippen LogP contribution in [0, 0.1) is 12.7 Å². The van der Waals surface area contributed by atoms with Gasteiger partial charge in [-0.15, -0.1) is 5.10 Å². The third-order valence-electron chi connectivity index (χ3n) is 5.34. The van der Waals surface area contributed by atoms with Crippen molar-refractivity contribution in [3.63, 3.8) is 0 Å². The molecule has 1 aromatic carbocycles. The van der Waals surface area contributed by atoms with Crippen molar-refractivity contribution in [1.82, 2.24) is 29.6 Å². The van der Waals surface area contributed by atoms with Gasteiger partial charge < -0.3 is 9.88 Å². The lowest BCUT2D eigenvalue weighted by atomic mass is 10.0. The molecule has 0 saturated heterocycles. The minimum absolute atomic E-state index is 0.266. The van der Waals surface area contributed by atoms with Crippen molar-refractivity contribution >= 4 is 11.6 Å². The van der Waals surface area contributed by atoms with Crippen LogP contribution in [0.25, 0.3) is 17.3 Å². The maximum atomic E-state index is 12.6. The lowest BCUT2D eigenvalue weighted by Gasteiger charge is -2.06. The summed E-state index contributed by atoms with van der Waals surface area (Å²) in [6.45, 7) is 20.1. The van der Waals surface area contributed by atoms with Gasteiger partial charge in [-0.2, -0.15) is 0 Å². The Kier molecular flexibility index (Phi) is 11.7. The highest BCUT2D eigenvalue weighted by Gasteiger charge is 2.16. The first kappa shape index (κ1) is 28.6. The molecule has 184 valence electrons. The molecule has 0 bridgehead atoms. The van der Waals surface area contributed by atoms with E-state index in [2.05, 4.69) is 67.9 Å². The topological polar surface area (TPSA) is 60.6 Å². The average Bonchev–Trinajstić information content (AvgIpc) is 3.45. The zero-order valence-electron chi connectivity index (χ0n) is 21.9. The van der Waals surface area contributed by atoms with Crippen molar-refractivity contribution in [2.75, 3.05) is 7.05 Å². The fraction of sp³-hybridized carbons (Fsp3) is 0.370. The molecule has 34 heavy (non-hydrogen) atoms. The third-order valence-corrected chi connectivity index (χ3v) is 5.34. The first-order valence-electron chi connectivity index (χ1n) is 11.6. The van der Waals surface area contributed by atoms with Crippen molar-refractivity contribution in [2.24, 2.45) is 7.05 Å². The van der Waals surface area contributed by atoms with Gasteiger partial charge in [0.15, 0.2) is 5.82 Å². The van der Waals surface area contributed by atoms with Crippen LogP contribution in [-0.4, -0.2) is 31.4 Å². The van der Waals surface area contributed by atoms with Crippen molar-refractivity contribution < 1.29 is 4.39 Å². The van der Waals surface area contributed by atoms with Crippen LogP contribution >= 0.6 is 0 Å². The summed E-state index contributed by atoms with van der Waals surface area (Å²) in [5, 5.41) is 7.13. The van der Waals surface area contributed by atoms with Crippen LogP contribution in [0.2, 0.25) is 0 Å². The van der Waals surface area contributed by atoms with E-state index in [1.807, 2.05) is 27.0 Å². The van der Waals surface area contributed by atoms with Crippen LogP contribution in [0.4, 0.5) is 4.39 Å². The van der Waals surface area contributed by atoms with Crippen molar-refractivity contribution in [3.8, 4) is 5.69 Å². The number of rotatable bonds is 7. The second kappa shape index (κ2) is 13.9. The number of nitrogens with zero attached hydrogens (tertiary/aromatic N) is 5. The van der Waals surface area contributed by atoms with Gasteiger partial charge in [0.1, 0.15) is 18.0 Å². The molecule has 0 radical (unpaired) electrons. The van der Waals surface area contributed by atoms with Gasteiger partial charge in [-0.3, -0.25) is 0 Å². The Morgan fingerprint density at radius 2 is 1.85 bits per heavy atom. The summed E-state index contributed by atoms with van der Waals surface area (Å²) in [5.41, 5.74) is 5.26. The largest absolute Gasteiger partial charge is 0.389 e. The van der Waals surface area contributed by atoms with E-state index in [4.69, 9.17) is 4.98 Å². The third kappa shape index (κ3) is 7.54. The number of imidazole rings is 1. The minimum atomic E-state index is -0.266. The second-order valence-electron chi connectivity index (χ2n) is 7.60. The zero-order valence-corrected chi connectivity index (χ0v) is 21.9. The molecule has 2 heterocycles. The zero-order chi connectivity index (χ0) is 25.8. The van der Waals surface area contributed by atoms with Gasteiger partial charge in [-0.25, -0.2) is 19.0 Å². The quantitative estimate of drug-likeness (QED) is 0.406. The first-order chi connectivity index (χ1) is 16.2. The molecule has 2 aromatic heterocycles. The number of nitrogens with one attached hydrogen (secondary N) is 1. The lowest BCUT2D eigenvalue weighted by molar-refractivity contribution is 0.627. The van der Waals surface area contributed by atoms with E-state index in [-0.39, 0.29) is 5.82 Å². The van der Waals surface area contributed by atoms with E-state index in [9.17, 15) is 4.39 Å². The highest BCUT2D eigenvalue weighted by atomic mass is 19.1. The molecule has 7 heteroatoms. The molecule has 0 saturated carbocycles. The van der Waals surface area contributed by atoms with Crippen molar-refractivity contribution in [1.29, 1.82) is 0 Å². The predicted octanol–water partition coefficient (Wildman–Crippen LogP) is 6.45. The van der Waals surface area contributed by atoms with Crippen LogP contribution in [0.3, 0.4) is 0 Å². The lowest BCUT2D eigenvalue weighted by Crippen LogP contribution is -2.03. The van der Waals surface area contributed by atoms with Crippen LogP contribution in [-0.2, 0) is 7.05 Å². The Hall–Kier alpha value is -3.48. The summed E-state index contributed by atoms with van der Waals surface area (Å²) < 4.78 is 16.3. The van der Waals surface area contributed by atoms with Gasteiger partial charge in [0.2, 0.25) is 0 Å². The first-order valence-corrected chi connectivity index (χ1v) is 11.6. The van der Waals surface area contributed by atoms with E-state index in [1.165, 1.54) is 23.5 Å². The van der Waals surface area contributed by atoms with Gasteiger partial charge in [0.25, 0.3) is 0 Å². The summed E-state index contributed by atoms with van der Waals surface area (Å²) in [4.78, 5) is 8.77. The summed E-state index contributed by atoms with van der Waals surface area (Å²) in [6, 6.07) is 6.03. The van der Waals surface area contributed by atoms with Gasteiger partial charge in [0, 0.05) is 25.5 Å². The van der Waals surface area contributed by atoms with Crippen molar-refractivity contribution in [3.05, 3.63) is 84.4 Å². The number of likely N-dealkylation sites (N-methyl/N-ethyl adjacent to an activating group) is 1. The molecule has 1 unspecified atom stereocenters. The number of hydrogen-bond donors (Lipinski definition) is 1. The van der Waals surface area contributed by atoms with Gasteiger partial charge >= 0.3 is 0 Å². The maximum Gasteiger partial charge on any atom is 0.173 e. The molecule has 1 atom stereocenters.